The number of para-hydroxylation sites is 1. The first-order valence-electron chi connectivity index (χ1n) is 8.03. The number of anilines is 3. The second kappa shape index (κ2) is 8.57. The van der Waals surface area contributed by atoms with Gasteiger partial charge in [0.05, 0.1) is 13.0 Å². The summed E-state index contributed by atoms with van der Waals surface area (Å²) in [7, 11) is 0. The highest BCUT2D eigenvalue weighted by molar-refractivity contribution is 5.89. The Morgan fingerprint density at radius 3 is 2.31 bits per heavy atom. The minimum Gasteiger partial charge on any atom is -0.493 e. The molecule has 6 nitrogen and oxygen atoms in total. The van der Waals surface area contributed by atoms with Crippen LogP contribution in [-0.4, -0.2) is 22.7 Å². The SMILES string of the molecule is O=C(CCOc1ccccc1)Nc1ccc(Nc2ccc(F)cc2)nn1. The number of rotatable bonds is 7. The van der Waals surface area contributed by atoms with Crippen LogP contribution in [0.3, 0.4) is 0 Å². The van der Waals surface area contributed by atoms with Crippen LogP contribution in [0.5, 0.6) is 5.75 Å². The van der Waals surface area contributed by atoms with Gasteiger partial charge in [0.25, 0.3) is 0 Å². The fraction of sp³-hybridized carbons (Fsp3) is 0.105. The molecule has 7 heteroatoms. The van der Waals surface area contributed by atoms with Crippen molar-refractivity contribution in [2.24, 2.45) is 0 Å². The Hall–Kier alpha value is -3.48. The molecule has 3 aromatic rings. The number of hydrogen-bond acceptors (Lipinski definition) is 5. The smallest absolute Gasteiger partial charge is 0.229 e. The lowest BCUT2D eigenvalue weighted by molar-refractivity contribution is -0.116. The van der Waals surface area contributed by atoms with Crippen LogP contribution in [0.2, 0.25) is 0 Å². The summed E-state index contributed by atoms with van der Waals surface area (Å²) in [5.74, 6) is 1.03. The van der Waals surface area contributed by atoms with Gasteiger partial charge in [-0.3, -0.25) is 4.79 Å². The van der Waals surface area contributed by atoms with Crippen LogP contribution in [0.15, 0.2) is 66.7 Å². The number of aromatic nitrogens is 2. The van der Waals surface area contributed by atoms with Crippen molar-refractivity contribution in [3.8, 4) is 5.75 Å². The van der Waals surface area contributed by atoms with Crippen molar-refractivity contribution in [1.82, 2.24) is 10.2 Å². The Bertz CT molecular complexity index is 840. The van der Waals surface area contributed by atoms with Crippen molar-refractivity contribution in [3.05, 3.63) is 72.5 Å². The molecule has 3 rings (SSSR count). The van der Waals surface area contributed by atoms with Crippen molar-refractivity contribution in [2.45, 2.75) is 6.42 Å². The lowest BCUT2D eigenvalue weighted by Crippen LogP contribution is -2.16. The number of carbonyl (C=O) groups excluding carboxylic acids is 1. The molecule has 1 heterocycles. The van der Waals surface area contributed by atoms with Crippen LogP contribution in [-0.2, 0) is 4.79 Å². The Morgan fingerprint density at radius 2 is 1.62 bits per heavy atom. The van der Waals surface area contributed by atoms with Gasteiger partial charge in [-0.25, -0.2) is 4.39 Å². The maximum Gasteiger partial charge on any atom is 0.229 e. The molecule has 0 unspecified atom stereocenters. The van der Waals surface area contributed by atoms with Crippen LogP contribution in [0.4, 0.5) is 21.7 Å². The zero-order valence-corrected chi connectivity index (χ0v) is 13.9. The molecule has 0 aliphatic rings. The molecule has 0 saturated carbocycles. The molecule has 0 saturated heterocycles. The van der Waals surface area contributed by atoms with Crippen molar-refractivity contribution >= 4 is 23.2 Å². The van der Waals surface area contributed by atoms with E-state index in [1.54, 1.807) is 24.3 Å². The van der Waals surface area contributed by atoms with Crippen molar-refractivity contribution in [1.29, 1.82) is 0 Å². The van der Waals surface area contributed by atoms with Crippen molar-refractivity contribution in [2.75, 3.05) is 17.2 Å². The maximum absolute atomic E-state index is 12.9. The summed E-state index contributed by atoms with van der Waals surface area (Å²) < 4.78 is 18.4. The van der Waals surface area contributed by atoms with Gasteiger partial charge in [0, 0.05) is 5.69 Å². The van der Waals surface area contributed by atoms with Gasteiger partial charge >= 0.3 is 0 Å². The summed E-state index contributed by atoms with van der Waals surface area (Å²) in [6.07, 6.45) is 0.201. The van der Waals surface area contributed by atoms with Crippen molar-refractivity contribution < 1.29 is 13.9 Å². The van der Waals surface area contributed by atoms with Crippen LogP contribution >= 0.6 is 0 Å². The molecule has 0 aliphatic heterocycles. The fourth-order valence-electron chi connectivity index (χ4n) is 2.13. The predicted octanol–water partition coefficient (Wildman–Crippen LogP) is 3.77. The van der Waals surface area contributed by atoms with E-state index in [0.29, 0.717) is 17.3 Å². The highest BCUT2D eigenvalue weighted by Gasteiger charge is 2.05. The molecule has 0 bridgehead atoms. The largest absolute Gasteiger partial charge is 0.493 e. The highest BCUT2D eigenvalue weighted by atomic mass is 19.1. The Balaban J connectivity index is 1.46. The number of amides is 1. The predicted molar refractivity (Wildman–Crippen MR) is 96.9 cm³/mol. The van der Waals surface area contributed by atoms with E-state index >= 15 is 0 Å². The van der Waals surface area contributed by atoms with E-state index < -0.39 is 0 Å². The molecule has 1 amide bonds. The lowest BCUT2D eigenvalue weighted by Gasteiger charge is -2.08. The molecule has 26 heavy (non-hydrogen) atoms. The number of hydrogen-bond donors (Lipinski definition) is 2. The second-order valence-electron chi connectivity index (χ2n) is 5.40. The first-order chi connectivity index (χ1) is 12.7. The summed E-state index contributed by atoms with van der Waals surface area (Å²) >= 11 is 0. The van der Waals surface area contributed by atoms with E-state index in [-0.39, 0.29) is 24.8 Å². The number of nitrogens with zero attached hydrogens (tertiary/aromatic N) is 2. The average molecular weight is 352 g/mol. The van der Waals surface area contributed by atoms with Gasteiger partial charge in [-0.05, 0) is 48.5 Å². The van der Waals surface area contributed by atoms with Crippen LogP contribution in [0.25, 0.3) is 0 Å². The minimum atomic E-state index is -0.309. The van der Waals surface area contributed by atoms with Gasteiger partial charge < -0.3 is 15.4 Å². The van der Waals surface area contributed by atoms with Gasteiger partial charge in [0.2, 0.25) is 5.91 Å². The van der Waals surface area contributed by atoms with Crippen LogP contribution in [0, 0.1) is 5.82 Å². The number of halogens is 1. The van der Waals surface area contributed by atoms with E-state index in [0.717, 1.165) is 5.75 Å². The Kier molecular flexibility index (Phi) is 5.72. The molecular weight excluding hydrogens is 335 g/mol. The van der Waals surface area contributed by atoms with Gasteiger partial charge in [0.15, 0.2) is 11.6 Å². The molecule has 0 radical (unpaired) electrons. The zero-order valence-electron chi connectivity index (χ0n) is 13.9. The van der Waals surface area contributed by atoms with Gasteiger partial charge in [0.1, 0.15) is 11.6 Å². The van der Waals surface area contributed by atoms with E-state index in [9.17, 15) is 9.18 Å². The third kappa shape index (κ3) is 5.27. The van der Waals surface area contributed by atoms with E-state index in [1.807, 2.05) is 30.3 Å². The molecule has 0 atom stereocenters. The van der Waals surface area contributed by atoms with Gasteiger partial charge in [-0.1, -0.05) is 18.2 Å². The highest BCUT2D eigenvalue weighted by Crippen LogP contribution is 2.15. The number of benzene rings is 2. The quantitative estimate of drug-likeness (QED) is 0.677. The average Bonchev–Trinajstić information content (AvgIpc) is 2.66. The number of nitrogens with one attached hydrogen (secondary N) is 2. The molecule has 0 spiro atoms. The van der Waals surface area contributed by atoms with Crippen LogP contribution in [0.1, 0.15) is 6.42 Å². The van der Waals surface area contributed by atoms with E-state index in [2.05, 4.69) is 20.8 Å². The summed E-state index contributed by atoms with van der Waals surface area (Å²) in [5, 5.41) is 13.6. The molecular formula is C19H17FN4O2. The number of ether oxygens (including phenoxy) is 1. The molecule has 0 fully saturated rings. The normalized spacial score (nSPS) is 10.2. The number of carbonyl (C=O) groups is 1. The molecule has 132 valence electrons. The summed E-state index contributed by atoms with van der Waals surface area (Å²) in [5.41, 5.74) is 0.690. The lowest BCUT2D eigenvalue weighted by atomic mass is 10.3. The zero-order chi connectivity index (χ0) is 18.2. The first kappa shape index (κ1) is 17.3. The second-order valence-corrected chi connectivity index (χ2v) is 5.40. The standard InChI is InChI=1S/C19H17FN4O2/c20-14-6-8-15(9-7-14)21-17-10-11-18(24-23-17)22-19(25)12-13-26-16-4-2-1-3-5-16/h1-11H,12-13H2,(H,21,23)(H,22,24,25). The molecule has 2 N–H and O–H groups in total. The van der Waals surface area contributed by atoms with Gasteiger partial charge in [-0.2, -0.15) is 0 Å². The minimum absolute atomic E-state index is 0.201. The third-order valence-corrected chi connectivity index (χ3v) is 3.39. The molecule has 0 aliphatic carbocycles. The van der Waals surface area contributed by atoms with E-state index in [4.69, 9.17) is 4.74 Å². The van der Waals surface area contributed by atoms with Crippen molar-refractivity contribution in [3.63, 3.8) is 0 Å². The maximum atomic E-state index is 12.9. The molecule has 2 aromatic carbocycles. The summed E-state index contributed by atoms with van der Waals surface area (Å²) in [6, 6.07) is 18.5. The fourth-order valence-corrected chi connectivity index (χ4v) is 2.13. The topological polar surface area (TPSA) is 76.1 Å². The van der Waals surface area contributed by atoms with Crippen LogP contribution < -0.4 is 15.4 Å². The summed E-state index contributed by atoms with van der Waals surface area (Å²) in [4.78, 5) is 11.9. The Morgan fingerprint density at radius 1 is 0.923 bits per heavy atom. The summed E-state index contributed by atoms with van der Waals surface area (Å²) in [6.45, 7) is 0.271. The molecule has 1 aromatic heterocycles. The first-order valence-corrected chi connectivity index (χ1v) is 8.03. The Labute approximate surface area is 150 Å². The van der Waals surface area contributed by atoms with E-state index in [1.165, 1.54) is 12.1 Å². The monoisotopic (exact) mass is 352 g/mol. The van der Waals surface area contributed by atoms with Gasteiger partial charge in [-0.15, -0.1) is 10.2 Å². The third-order valence-electron chi connectivity index (χ3n) is 3.39.